The van der Waals surface area contributed by atoms with Crippen molar-refractivity contribution in [1.82, 2.24) is 4.31 Å². The topological polar surface area (TPSA) is 37.4 Å². The first-order valence-electron chi connectivity index (χ1n) is 4.49. The molecule has 78 valence electrons. The summed E-state index contributed by atoms with van der Waals surface area (Å²) in [4.78, 5) is 0. The fourth-order valence-corrected chi connectivity index (χ4v) is 3.96. The molecule has 0 radical (unpaired) electrons. The number of hydrogen-bond donors (Lipinski definition) is 0. The number of sulfonamides is 1. The third-order valence-corrected chi connectivity index (χ3v) is 5.27. The first-order valence-corrected chi connectivity index (χ1v) is 7.09. The van der Waals surface area contributed by atoms with Crippen LogP contribution in [-0.4, -0.2) is 42.1 Å². The zero-order valence-corrected chi connectivity index (χ0v) is 10.0. The monoisotopic (exact) mass is 223 g/mol. The van der Waals surface area contributed by atoms with E-state index in [1.54, 1.807) is 11.2 Å². The van der Waals surface area contributed by atoms with Crippen LogP contribution < -0.4 is 0 Å². The van der Waals surface area contributed by atoms with Gasteiger partial charge in [0, 0.05) is 23.6 Å². The Hall–Kier alpha value is 0.260. The molecule has 1 fully saturated rings. The van der Waals surface area contributed by atoms with Crippen molar-refractivity contribution in [2.75, 3.05) is 24.6 Å². The molecule has 1 rings (SSSR count). The van der Waals surface area contributed by atoms with Crippen molar-refractivity contribution in [2.24, 2.45) is 0 Å². The first kappa shape index (κ1) is 11.3. The summed E-state index contributed by atoms with van der Waals surface area (Å²) in [5.74, 6) is 1.12. The Morgan fingerprint density at radius 1 is 1.46 bits per heavy atom. The van der Waals surface area contributed by atoms with E-state index in [4.69, 9.17) is 0 Å². The molecule has 0 aromatic carbocycles. The highest BCUT2D eigenvalue weighted by atomic mass is 32.2. The smallest absolute Gasteiger partial charge is 0.212 e. The molecule has 1 heterocycles. The standard InChI is InChI=1S/C8H17NO2S2/c1-4-13(10,11)9-5-6-12-8(2,3)7-9/h4-7H2,1-3H3. The summed E-state index contributed by atoms with van der Waals surface area (Å²) in [6.45, 7) is 7.20. The molecule has 0 saturated carbocycles. The predicted octanol–water partition coefficient (Wildman–Crippen LogP) is 1.16. The Morgan fingerprint density at radius 2 is 2.08 bits per heavy atom. The van der Waals surface area contributed by atoms with E-state index >= 15 is 0 Å². The van der Waals surface area contributed by atoms with Gasteiger partial charge in [-0.05, 0) is 20.8 Å². The van der Waals surface area contributed by atoms with Gasteiger partial charge in [0.05, 0.1) is 5.75 Å². The van der Waals surface area contributed by atoms with Gasteiger partial charge in [-0.1, -0.05) is 0 Å². The van der Waals surface area contributed by atoms with Crippen molar-refractivity contribution in [3.63, 3.8) is 0 Å². The van der Waals surface area contributed by atoms with Gasteiger partial charge in [-0.25, -0.2) is 8.42 Å². The summed E-state index contributed by atoms with van der Waals surface area (Å²) >= 11 is 1.84. The maximum absolute atomic E-state index is 11.6. The molecule has 0 bridgehead atoms. The van der Waals surface area contributed by atoms with Crippen LogP contribution in [0, 0.1) is 0 Å². The van der Waals surface area contributed by atoms with Crippen molar-refractivity contribution in [2.45, 2.75) is 25.5 Å². The van der Waals surface area contributed by atoms with Crippen LogP contribution in [0.25, 0.3) is 0 Å². The van der Waals surface area contributed by atoms with E-state index in [0.717, 1.165) is 5.75 Å². The van der Waals surface area contributed by atoms with Crippen LogP contribution >= 0.6 is 11.8 Å². The van der Waals surface area contributed by atoms with Gasteiger partial charge in [0.15, 0.2) is 0 Å². The summed E-state index contributed by atoms with van der Waals surface area (Å²) in [6, 6.07) is 0. The lowest BCUT2D eigenvalue weighted by Gasteiger charge is -2.36. The van der Waals surface area contributed by atoms with Gasteiger partial charge in [-0.3, -0.25) is 0 Å². The fourth-order valence-electron chi connectivity index (χ4n) is 1.39. The molecule has 0 atom stereocenters. The van der Waals surface area contributed by atoms with Crippen molar-refractivity contribution in [1.29, 1.82) is 0 Å². The summed E-state index contributed by atoms with van der Waals surface area (Å²) < 4.78 is 24.8. The van der Waals surface area contributed by atoms with Crippen LogP contribution in [-0.2, 0) is 10.0 Å². The van der Waals surface area contributed by atoms with Crippen LogP contribution in [0.3, 0.4) is 0 Å². The van der Waals surface area contributed by atoms with Gasteiger partial charge in [0.1, 0.15) is 0 Å². The van der Waals surface area contributed by atoms with Crippen molar-refractivity contribution >= 4 is 21.8 Å². The number of rotatable bonds is 2. The molecule has 13 heavy (non-hydrogen) atoms. The second kappa shape index (κ2) is 3.79. The lowest BCUT2D eigenvalue weighted by atomic mass is 10.2. The van der Waals surface area contributed by atoms with E-state index < -0.39 is 10.0 Å². The maximum atomic E-state index is 11.6. The van der Waals surface area contributed by atoms with Gasteiger partial charge in [0.2, 0.25) is 10.0 Å². The van der Waals surface area contributed by atoms with Crippen molar-refractivity contribution in [3.8, 4) is 0 Å². The third kappa shape index (κ3) is 2.86. The van der Waals surface area contributed by atoms with E-state index in [9.17, 15) is 8.42 Å². The van der Waals surface area contributed by atoms with Crippen LogP contribution in [0.5, 0.6) is 0 Å². The molecule has 0 amide bonds. The highest BCUT2D eigenvalue weighted by molar-refractivity contribution is 8.00. The predicted molar refractivity (Wildman–Crippen MR) is 57.6 cm³/mol. The summed E-state index contributed by atoms with van der Waals surface area (Å²) in [7, 11) is -2.97. The molecule has 3 nitrogen and oxygen atoms in total. The quantitative estimate of drug-likeness (QED) is 0.705. The SMILES string of the molecule is CCS(=O)(=O)N1CCSC(C)(C)C1. The number of nitrogens with zero attached hydrogens (tertiary/aromatic N) is 1. The van der Waals surface area contributed by atoms with E-state index in [2.05, 4.69) is 13.8 Å². The average molecular weight is 223 g/mol. The molecule has 1 aliphatic rings. The van der Waals surface area contributed by atoms with Crippen molar-refractivity contribution in [3.05, 3.63) is 0 Å². The second-order valence-electron chi connectivity index (χ2n) is 3.84. The molecule has 5 heteroatoms. The normalized spacial score (nSPS) is 24.5. The zero-order chi connectivity index (χ0) is 10.1. The van der Waals surface area contributed by atoms with Crippen LogP contribution in [0.15, 0.2) is 0 Å². The van der Waals surface area contributed by atoms with Crippen LogP contribution in [0.4, 0.5) is 0 Å². The zero-order valence-electron chi connectivity index (χ0n) is 8.41. The molecule has 1 aliphatic heterocycles. The van der Waals surface area contributed by atoms with E-state index in [0.29, 0.717) is 13.1 Å². The Morgan fingerprint density at radius 3 is 2.54 bits per heavy atom. The highest BCUT2D eigenvalue weighted by Gasteiger charge is 2.32. The Labute approximate surface area is 84.9 Å². The van der Waals surface area contributed by atoms with Gasteiger partial charge >= 0.3 is 0 Å². The average Bonchev–Trinajstić information content (AvgIpc) is 2.03. The summed E-state index contributed by atoms with van der Waals surface area (Å²) in [6.07, 6.45) is 0. The molecular formula is C8H17NO2S2. The van der Waals surface area contributed by atoms with E-state index in [1.807, 2.05) is 11.8 Å². The summed E-state index contributed by atoms with van der Waals surface area (Å²) in [5, 5.41) is 0. The molecule has 1 saturated heterocycles. The molecule has 0 aromatic rings. The Kier molecular flexibility index (Phi) is 3.30. The molecular weight excluding hydrogens is 206 g/mol. The van der Waals surface area contributed by atoms with Gasteiger partial charge in [0.25, 0.3) is 0 Å². The van der Waals surface area contributed by atoms with Crippen molar-refractivity contribution < 1.29 is 8.42 Å². The minimum Gasteiger partial charge on any atom is -0.212 e. The largest absolute Gasteiger partial charge is 0.213 e. The molecule has 0 aromatic heterocycles. The minimum absolute atomic E-state index is 0.0699. The third-order valence-electron chi connectivity index (χ3n) is 2.15. The number of thioether (sulfide) groups is 1. The Balaban J connectivity index is 2.73. The van der Waals surface area contributed by atoms with Crippen LogP contribution in [0.2, 0.25) is 0 Å². The minimum atomic E-state index is -2.97. The van der Waals surface area contributed by atoms with Crippen LogP contribution in [0.1, 0.15) is 20.8 Å². The van der Waals surface area contributed by atoms with Gasteiger partial charge in [-0.15, -0.1) is 0 Å². The highest BCUT2D eigenvalue weighted by Crippen LogP contribution is 2.30. The molecule has 0 unspecified atom stereocenters. The summed E-state index contributed by atoms with van der Waals surface area (Å²) in [5.41, 5.74) is 0. The maximum Gasteiger partial charge on any atom is 0.213 e. The van der Waals surface area contributed by atoms with Gasteiger partial charge < -0.3 is 0 Å². The molecule has 0 aliphatic carbocycles. The Bertz CT molecular complexity index is 272. The van der Waals surface area contributed by atoms with E-state index in [-0.39, 0.29) is 10.5 Å². The second-order valence-corrected chi connectivity index (χ2v) is 7.90. The lowest BCUT2D eigenvalue weighted by Crippen LogP contribution is -2.46. The number of hydrogen-bond acceptors (Lipinski definition) is 3. The molecule has 0 spiro atoms. The fraction of sp³-hybridized carbons (Fsp3) is 1.00. The van der Waals surface area contributed by atoms with E-state index in [1.165, 1.54) is 0 Å². The molecule has 0 N–H and O–H groups in total. The van der Waals surface area contributed by atoms with Gasteiger partial charge in [-0.2, -0.15) is 16.1 Å². The lowest BCUT2D eigenvalue weighted by molar-refractivity contribution is 0.388. The first-order chi connectivity index (χ1) is 5.87.